The number of aliphatic imine (C=N–C) groups is 1. The number of aryl methyl sites for hydroxylation is 1. The summed E-state index contributed by atoms with van der Waals surface area (Å²) in [5, 5.41) is 6.50. The van der Waals surface area contributed by atoms with Gasteiger partial charge in [-0.3, -0.25) is 9.89 Å². The summed E-state index contributed by atoms with van der Waals surface area (Å²) in [6.07, 6.45) is 0. The molecule has 0 aliphatic rings. The summed E-state index contributed by atoms with van der Waals surface area (Å²) in [4.78, 5) is 6.58. The minimum Gasteiger partial charge on any atom is -0.355 e. The first-order chi connectivity index (χ1) is 10.5. The lowest BCUT2D eigenvalue weighted by atomic mass is 10.1. The predicted octanol–water partition coefficient (Wildman–Crippen LogP) is 3.15. The highest BCUT2D eigenvalue weighted by Gasteiger charge is 2.06. The van der Waals surface area contributed by atoms with Gasteiger partial charge in [-0.05, 0) is 44.5 Å². The molecular weight excluding hydrogens is 406 g/mol. The van der Waals surface area contributed by atoms with Crippen LogP contribution in [0.2, 0.25) is 0 Å². The summed E-state index contributed by atoms with van der Waals surface area (Å²) in [5.74, 6) is 0.568. The minimum atomic E-state index is -0.169. The van der Waals surface area contributed by atoms with E-state index in [0.29, 0.717) is 18.2 Å². The molecule has 0 saturated heterocycles. The second kappa shape index (κ2) is 11.6. The Bertz CT molecular complexity index is 491. The number of nitrogens with zero attached hydrogens (tertiary/aromatic N) is 2. The van der Waals surface area contributed by atoms with Crippen molar-refractivity contribution in [3.63, 3.8) is 0 Å². The van der Waals surface area contributed by atoms with E-state index < -0.39 is 0 Å². The van der Waals surface area contributed by atoms with Crippen molar-refractivity contribution in [3.05, 3.63) is 35.1 Å². The molecule has 23 heavy (non-hydrogen) atoms. The molecule has 0 radical (unpaired) electrons. The van der Waals surface area contributed by atoms with Gasteiger partial charge in [0.2, 0.25) is 0 Å². The molecule has 0 saturated carbocycles. The van der Waals surface area contributed by atoms with Gasteiger partial charge in [0.05, 0.1) is 0 Å². The van der Waals surface area contributed by atoms with Crippen molar-refractivity contribution < 1.29 is 4.39 Å². The Morgan fingerprint density at radius 3 is 2.52 bits per heavy atom. The van der Waals surface area contributed by atoms with Crippen LogP contribution < -0.4 is 10.6 Å². The summed E-state index contributed by atoms with van der Waals surface area (Å²) >= 11 is 0. The molecule has 0 aliphatic carbocycles. The second-order valence-corrected chi connectivity index (χ2v) is 5.66. The Hall–Kier alpha value is -0.890. The van der Waals surface area contributed by atoms with E-state index in [1.54, 1.807) is 26.1 Å². The molecule has 0 bridgehead atoms. The van der Waals surface area contributed by atoms with E-state index in [-0.39, 0.29) is 29.8 Å². The van der Waals surface area contributed by atoms with Gasteiger partial charge >= 0.3 is 0 Å². The van der Waals surface area contributed by atoms with Crippen LogP contribution in [-0.4, -0.2) is 43.6 Å². The highest BCUT2D eigenvalue weighted by atomic mass is 127. The van der Waals surface area contributed by atoms with Crippen LogP contribution in [-0.2, 0) is 6.54 Å². The van der Waals surface area contributed by atoms with Gasteiger partial charge in [0.1, 0.15) is 5.82 Å². The molecule has 6 heteroatoms. The highest BCUT2D eigenvalue weighted by molar-refractivity contribution is 14.0. The first-order valence-corrected chi connectivity index (χ1v) is 7.91. The van der Waals surface area contributed by atoms with Crippen molar-refractivity contribution in [1.82, 2.24) is 15.5 Å². The molecule has 1 aromatic carbocycles. The molecule has 0 fully saturated rings. The predicted molar refractivity (Wildman–Crippen MR) is 107 cm³/mol. The van der Waals surface area contributed by atoms with Gasteiger partial charge in [-0.15, -0.1) is 24.0 Å². The van der Waals surface area contributed by atoms with Crippen molar-refractivity contribution in [1.29, 1.82) is 0 Å². The number of hydrogen-bond acceptors (Lipinski definition) is 2. The second-order valence-electron chi connectivity index (χ2n) is 5.66. The van der Waals surface area contributed by atoms with Crippen LogP contribution in [0.5, 0.6) is 0 Å². The molecule has 1 rings (SSSR count). The van der Waals surface area contributed by atoms with Crippen LogP contribution in [0.4, 0.5) is 4.39 Å². The van der Waals surface area contributed by atoms with E-state index in [0.717, 1.165) is 31.2 Å². The average molecular weight is 436 g/mol. The maximum atomic E-state index is 13.5. The molecular formula is C17H30FIN4. The molecule has 0 atom stereocenters. The Labute approximate surface area is 157 Å². The van der Waals surface area contributed by atoms with E-state index >= 15 is 0 Å². The number of likely N-dealkylation sites (N-methyl/N-ethyl adjacent to an activating group) is 1. The molecule has 0 spiro atoms. The zero-order valence-corrected chi connectivity index (χ0v) is 17.1. The van der Waals surface area contributed by atoms with E-state index in [1.165, 1.54) is 0 Å². The van der Waals surface area contributed by atoms with E-state index in [4.69, 9.17) is 0 Å². The zero-order chi connectivity index (χ0) is 16.5. The molecule has 0 heterocycles. The smallest absolute Gasteiger partial charge is 0.191 e. The van der Waals surface area contributed by atoms with Crippen LogP contribution in [0.3, 0.4) is 0 Å². The third-order valence-corrected chi connectivity index (χ3v) is 3.75. The third-order valence-electron chi connectivity index (χ3n) is 3.75. The first-order valence-electron chi connectivity index (χ1n) is 7.91. The highest BCUT2D eigenvalue weighted by Crippen LogP contribution is 2.08. The van der Waals surface area contributed by atoms with E-state index in [1.807, 2.05) is 6.07 Å². The molecule has 4 nitrogen and oxygen atoms in total. The molecule has 0 aromatic heterocycles. The fourth-order valence-electron chi connectivity index (χ4n) is 2.25. The largest absolute Gasteiger partial charge is 0.355 e. The Kier molecular flexibility index (Phi) is 11.2. The molecule has 1 aromatic rings. The van der Waals surface area contributed by atoms with Crippen LogP contribution in [0.15, 0.2) is 23.2 Å². The van der Waals surface area contributed by atoms with Crippen LogP contribution in [0.1, 0.15) is 31.9 Å². The van der Waals surface area contributed by atoms with Crippen molar-refractivity contribution >= 4 is 29.9 Å². The minimum absolute atomic E-state index is 0. The fourth-order valence-corrected chi connectivity index (χ4v) is 2.25. The standard InChI is InChI=1S/C17H29FN4.HI/c1-6-22(13(2)3)10-9-20-17(19-5)21-12-15-8-7-14(4)16(18)11-15;/h7-8,11,13H,6,9-10,12H2,1-5H3,(H2,19,20,21);1H. The average Bonchev–Trinajstić information content (AvgIpc) is 2.49. The lowest BCUT2D eigenvalue weighted by Crippen LogP contribution is -2.42. The summed E-state index contributed by atoms with van der Waals surface area (Å²) in [7, 11) is 1.74. The molecule has 0 amide bonds. The topological polar surface area (TPSA) is 39.7 Å². The SMILES string of the molecule is CCN(CCNC(=NC)NCc1ccc(C)c(F)c1)C(C)C.I. The lowest BCUT2D eigenvalue weighted by Gasteiger charge is -2.25. The first kappa shape index (κ1) is 22.1. The van der Waals surface area contributed by atoms with E-state index in [9.17, 15) is 4.39 Å². The maximum Gasteiger partial charge on any atom is 0.191 e. The van der Waals surface area contributed by atoms with Gasteiger partial charge < -0.3 is 10.6 Å². The number of guanidine groups is 1. The summed E-state index contributed by atoms with van der Waals surface area (Å²) in [6, 6.07) is 5.82. The van der Waals surface area contributed by atoms with Gasteiger partial charge in [0.25, 0.3) is 0 Å². The Balaban J connectivity index is 0.00000484. The van der Waals surface area contributed by atoms with Gasteiger partial charge in [0.15, 0.2) is 5.96 Å². The lowest BCUT2D eigenvalue weighted by molar-refractivity contribution is 0.237. The van der Waals surface area contributed by atoms with Gasteiger partial charge in [-0.25, -0.2) is 4.39 Å². The van der Waals surface area contributed by atoms with Gasteiger partial charge in [0, 0.05) is 32.7 Å². The molecule has 0 aliphatic heterocycles. The summed E-state index contributed by atoms with van der Waals surface area (Å²) in [5.41, 5.74) is 1.57. The van der Waals surface area contributed by atoms with Crippen molar-refractivity contribution in [3.8, 4) is 0 Å². The normalized spacial score (nSPS) is 11.6. The quantitative estimate of drug-likeness (QED) is 0.392. The van der Waals surface area contributed by atoms with E-state index in [2.05, 4.69) is 41.3 Å². The summed E-state index contributed by atoms with van der Waals surface area (Å²) < 4.78 is 13.5. The third kappa shape index (κ3) is 7.97. The van der Waals surface area contributed by atoms with Crippen molar-refractivity contribution in [2.24, 2.45) is 4.99 Å². The molecule has 2 N–H and O–H groups in total. The fraction of sp³-hybridized carbons (Fsp3) is 0.588. The van der Waals surface area contributed by atoms with Gasteiger partial charge in [-0.2, -0.15) is 0 Å². The monoisotopic (exact) mass is 436 g/mol. The molecule has 132 valence electrons. The number of rotatable bonds is 7. The van der Waals surface area contributed by atoms with Crippen molar-refractivity contribution in [2.75, 3.05) is 26.7 Å². The number of benzene rings is 1. The van der Waals surface area contributed by atoms with Crippen molar-refractivity contribution in [2.45, 2.75) is 40.3 Å². The van der Waals surface area contributed by atoms with Crippen LogP contribution in [0.25, 0.3) is 0 Å². The van der Waals surface area contributed by atoms with Gasteiger partial charge in [-0.1, -0.05) is 19.1 Å². The van der Waals surface area contributed by atoms with Crippen LogP contribution in [0, 0.1) is 12.7 Å². The Morgan fingerprint density at radius 1 is 1.30 bits per heavy atom. The zero-order valence-electron chi connectivity index (χ0n) is 14.8. The summed E-state index contributed by atoms with van der Waals surface area (Å²) in [6.45, 7) is 11.7. The maximum absolute atomic E-state index is 13.5. The molecule has 0 unspecified atom stereocenters. The number of hydrogen-bond donors (Lipinski definition) is 2. The van der Waals surface area contributed by atoms with Crippen LogP contribution >= 0.6 is 24.0 Å². The number of halogens is 2. The number of nitrogens with one attached hydrogen (secondary N) is 2. The Morgan fingerprint density at radius 2 is 2.00 bits per heavy atom.